The van der Waals surface area contributed by atoms with Crippen LogP contribution in [0.1, 0.15) is 30.8 Å². The Labute approximate surface area is 112 Å². The van der Waals surface area contributed by atoms with Crippen molar-refractivity contribution in [1.29, 1.82) is 0 Å². The van der Waals surface area contributed by atoms with Crippen LogP contribution in [0.15, 0.2) is 0 Å². The molecule has 1 aromatic rings. The van der Waals surface area contributed by atoms with E-state index in [0.717, 1.165) is 35.2 Å². The average Bonchev–Trinajstić information content (AvgIpc) is 2.87. The van der Waals surface area contributed by atoms with Gasteiger partial charge >= 0.3 is 0 Å². The maximum Gasteiger partial charge on any atom is 0.233 e. The first-order valence-electron chi connectivity index (χ1n) is 6.42. The van der Waals surface area contributed by atoms with Gasteiger partial charge in [0, 0.05) is 11.4 Å². The standard InChI is InChI=1S/C13H21N3OS/c1-8(2)13(5-6-14-7-13)11(17)16-12-15-9(3)10(4)18-12/h8,14H,5-7H2,1-4H3,(H,15,16,17). The molecule has 1 aromatic heterocycles. The Morgan fingerprint density at radius 3 is 2.67 bits per heavy atom. The molecule has 1 unspecified atom stereocenters. The molecule has 0 saturated carbocycles. The third-order valence-corrected chi connectivity index (χ3v) is 4.98. The molecule has 2 heterocycles. The molecule has 1 amide bonds. The van der Waals surface area contributed by atoms with E-state index in [2.05, 4.69) is 29.5 Å². The Balaban J connectivity index is 2.15. The summed E-state index contributed by atoms with van der Waals surface area (Å²) in [6.45, 7) is 9.91. The van der Waals surface area contributed by atoms with Gasteiger partial charge in [-0.25, -0.2) is 4.98 Å². The number of hydrogen-bond acceptors (Lipinski definition) is 4. The van der Waals surface area contributed by atoms with Gasteiger partial charge < -0.3 is 10.6 Å². The quantitative estimate of drug-likeness (QED) is 0.884. The summed E-state index contributed by atoms with van der Waals surface area (Å²) in [6.07, 6.45) is 0.903. The molecule has 18 heavy (non-hydrogen) atoms. The van der Waals surface area contributed by atoms with E-state index in [1.54, 1.807) is 11.3 Å². The summed E-state index contributed by atoms with van der Waals surface area (Å²) in [6, 6.07) is 0. The summed E-state index contributed by atoms with van der Waals surface area (Å²) in [5.41, 5.74) is 0.714. The third kappa shape index (κ3) is 2.29. The zero-order chi connectivity index (χ0) is 13.3. The summed E-state index contributed by atoms with van der Waals surface area (Å²) in [5.74, 6) is 0.436. The van der Waals surface area contributed by atoms with E-state index in [-0.39, 0.29) is 11.3 Å². The smallest absolute Gasteiger partial charge is 0.233 e. The van der Waals surface area contributed by atoms with Crippen molar-refractivity contribution in [3.8, 4) is 0 Å². The van der Waals surface area contributed by atoms with Crippen LogP contribution in [0.2, 0.25) is 0 Å². The monoisotopic (exact) mass is 267 g/mol. The SMILES string of the molecule is Cc1nc(NC(=O)C2(C(C)C)CCNC2)sc1C. The number of rotatable bonds is 3. The van der Waals surface area contributed by atoms with Crippen molar-refractivity contribution in [2.45, 2.75) is 34.1 Å². The van der Waals surface area contributed by atoms with Crippen molar-refractivity contribution in [1.82, 2.24) is 10.3 Å². The van der Waals surface area contributed by atoms with E-state index in [1.165, 1.54) is 0 Å². The number of aryl methyl sites for hydroxylation is 2. The highest BCUT2D eigenvalue weighted by molar-refractivity contribution is 7.15. The lowest BCUT2D eigenvalue weighted by atomic mass is 9.75. The fourth-order valence-corrected chi connectivity index (χ4v) is 3.22. The number of amides is 1. The molecule has 2 rings (SSSR count). The van der Waals surface area contributed by atoms with Crippen molar-refractivity contribution in [2.75, 3.05) is 18.4 Å². The summed E-state index contributed by atoms with van der Waals surface area (Å²) < 4.78 is 0. The first-order valence-corrected chi connectivity index (χ1v) is 7.23. The van der Waals surface area contributed by atoms with Crippen LogP contribution in [-0.2, 0) is 4.79 Å². The highest BCUT2D eigenvalue weighted by Crippen LogP contribution is 2.36. The minimum absolute atomic E-state index is 0.108. The number of carbonyl (C=O) groups is 1. The Hall–Kier alpha value is -0.940. The van der Waals surface area contributed by atoms with Gasteiger partial charge in [-0.3, -0.25) is 4.79 Å². The highest BCUT2D eigenvalue weighted by Gasteiger charge is 2.44. The molecule has 4 nitrogen and oxygen atoms in total. The Bertz CT molecular complexity index is 428. The number of anilines is 1. The van der Waals surface area contributed by atoms with Crippen LogP contribution < -0.4 is 10.6 Å². The van der Waals surface area contributed by atoms with E-state index in [0.29, 0.717) is 5.92 Å². The van der Waals surface area contributed by atoms with Gasteiger partial charge in [0.25, 0.3) is 0 Å². The molecule has 0 aliphatic carbocycles. The van der Waals surface area contributed by atoms with E-state index < -0.39 is 0 Å². The molecule has 0 radical (unpaired) electrons. The second-order valence-corrected chi connectivity index (χ2v) is 6.56. The van der Waals surface area contributed by atoms with Crippen molar-refractivity contribution in [3.05, 3.63) is 10.6 Å². The van der Waals surface area contributed by atoms with Crippen LogP contribution in [-0.4, -0.2) is 24.0 Å². The lowest BCUT2D eigenvalue weighted by Gasteiger charge is -2.30. The number of thiazole rings is 1. The van der Waals surface area contributed by atoms with Gasteiger partial charge in [-0.2, -0.15) is 0 Å². The number of aromatic nitrogens is 1. The number of nitrogens with one attached hydrogen (secondary N) is 2. The van der Waals surface area contributed by atoms with Crippen LogP contribution in [0.3, 0.4) is 0 Å². The lowest BCUT2D eigenvalue weighted by molar-refractivity contribution is -0.126. The van der Waals surface area contributed by atoms with Crippen LogP contribution in [0, 0.1) is 25.2 Å². The molecule has 1 aliphatic heterocycles. The Kier molecular flexibility index (Phi) is 3.73. The lowest BCUT2D eigenvalue weighted by Crippen LogP contribution is -2.42. The molecule has 1 aliphatic rings. The summed E-state index contributed by atoms with van der Waals surface area (Å²) in [7, 11) is 0. The molecular formula is C13H21N3OS. The van der Waals surface area contributed by atoms with Gasteiger partial charge in [0.2, 0.25) is 5.91 Å². The second kappa shape index (κ2) is 4.97. The minimum atomic E-state index is -0.284. The Morgan fingerprint density at radius 2 is 2.22 bits per heavy atom. The van der Waals surface area contributed by atoms with Gasteiger partial charge in [0.15, 0.2) is 5.13 Å². The fraction of sp³-hybridized carbons (Fsp3) is 0.692. The van der Waals surface area contributed by atoms with Crippen molar-refractivity contribution >= 4 is 22.4 Å². The summed E-state index contributed by atoms with van der Waals surface area (Å²) in [4.78, 5) is 18.1. The van der Waals surface area contributed by atoms with Crippen LogP contribution in [0.5, 0.6) is 0 Å². The van der Waals surface area contributed by atoms with E-state index in [1.807, 2.05) is 13.8 Å². The fourth-order valence-electron chi connectivity index (χ4n) is 2.41. The molecular weight excluding hydrogens is 246 g/mol. The predicted molar refractivity (Wildman–Crippen MR) is 75.0 cm³/mol. The van der Waals surface area contributed by atoms with Crippen LogP contribution in [0.25, 0.3) is 0 Å². The molecule has 1 atom stereocenters. The third-order valence-electron chi connectivity index (χ3n) is 3.99. The molecule has 0 bridgehead atoms. The Morgan fingerprint density at radius 1 is 1.50 bits per heavy atom. The van der Waals surface area contributed by atoms with Gasteiger partial charge in [-0.15, -0.1) is 11.3 Å². The summed E-state index contributed by atoms with van der Waals surface area (Å²) >= 11 is 1.55. The number of carbonyl (C=O) groups excluding carboxylic acids is 1. The molecule has 5 heteroatoms. The number of hydrogen-bond donors (Lipinski definition) is 2. The predicted octanol–water partition coefficient (Wildman–Crippen LogP) is 2.33. The number of nitrogens with zero attached hydrogens (tertiary/aromatic N) is 1. The van der Waals surface area contributed by atoms with Gasteiger partial charge in [-0.1, -0.05) is 13.8 Å². The molecule has 0 spiro atoms. The maximum atomic E-state index is 12.5. The van der Waals surface area contributed by atoms with Crippen molar-refractivity contribution in [2.24, 2.45) is 11.3 Å². The zero-order valence-electron chi connectivity index (χ0n) is 11.5. The minimum Gasteiger partial charge on any atom is -0.316 e. The van der Waals surface area contributed by atoms with E-state index in [4.69, 9.17) is 0 Å². The molecule has 0 aromatic carbocycles. The average molecular weight is 267 g/mol. The largest absolute Gasteiger partial charge is 0.316 e. The summed E-state index contributed by atoms with van der Waals surface area (Å²) in [5, 5.41) is 7.02. The second-order valence-electron chi connectivity index (χ2n) is 5.35. The normalized spacial score (nSPS) is 23.6. The molecule has 1 saturated heterocycles. The maximum absolute atomic E-state index is 12.5. The van der Waals surface area contributed by atoms with E-state index >= 15 is 0 Å². The molecule has 100 valence electrons. The first-order chi connectivity index (χ1) is 8.45. The topological polar surface area (TPSA) is 54.0 Å². The molecule has 1 fully saturated rings. The first kappa shape index (κ1) is 13.5. The highest BCUT2D eigenvalue weighted by atomic mass is 32.1. The van der Waals surface area contributed by atoms with Gasteiger partial charge in [-0.05, 0) is 32.7 Å². The molecule has 2 N–H and O–H groups in total. The van der Waals surface area contributed by atoms with Gasteiger partial charge in [0.1, 0.15) is 0 Å². The van der Waals surface area contributed by atoms with Crippen LogP contribution in [0.4, 0.5) is 5.13 Å². The van der Waals surface area contributed by atoms with Crippen LogP contribution >= 0.6 is 11.3 Å². The zero-order valence-corrected chi connectivity index (χ0v) is 12.3. The van der Waals surface area contributed by atoms with Gasteiger partial charge in [0.05, 0.1) is 11.1 Å². The van der Waals surface area contributed by atoms with Crippen molar-refractivity contribution < 1.29 is 4.79 Å². The van der Waals surface area contributed by atoms with E-state index in [9.17, 15) is 4.79 Å². The van der Waals surface area contributed by atoms with Crippen molar-refractivity contribution in [3.63, 3.8) is 0 Å².